The second kappa shape index (κ2) is 8.87. The summed E-state index contributed by atoms with van der Waals surface area (Å²) in [7, 11) is -3.06. The number of rotatable bonds is 6. The molecule has 1 atom stereocenters. The summed E-state index contributed by atoms with van der Waals surface area (Å²) in [5.74, 6) is -1.11. The Bertz CT molecular complexity index is 1380. The van der Waals surface area contributed by atoms with Crippen molar-refractivity contribution < 1.29 is 27.1 Å². The van der Waals surface area contributed by atoms with E-state index in [1.165, 1.54) is 12.1 Å². The van der Waals surface area contributed by atoms with Gasteiger partial charge in [-0.25, -0.2) is 17.6 Å². The molecule has 1 aliphatic rings. The number of hydrogen-bond donors (Lipinski definition) is 0. The van der Waals surface area contributed by atoms with Crippen LogP contribution in [0, 0.1) is 33.5 Å². The molecule has 9 heteroatoms. The van der Waals surface area contributed by atoms with Crippen LogP contribution in [0.2, 0.25) is 0 Å². The lowest BCUT2D eigenvalue weighted by atomic mass is 10.1. The molecule has 3 aromatic rings. The first kappa shape index (κ1) is 23.9. The predicted molar refractivity (Wildman–Crippen MR) is 126 cm³/mol. The first-order valence-electron chi connectivity index (χ1n) is 11.0. The zero-order valence-electron chi connectivity index (χ0n) is 19.6. The maximum Gasteiger partial charge on any atom is 0.340 e. The van der Waals surface area contributed by atoms with E-state index in [0.29, 0.717) is 34.6 Å². The number of esters is 1. The Kier molecular flexibility index (Phi) is 6.24. The molecule has 0 radical (unpaired) electrons. The monoisotopic (exact) mass is 486 g/mol. The zero-order valence-corrected chi connectivity index (χ0v) is 20.4. The maximum absolute atomic E-state index is 13.3. The van der Waals surface area contributed by atoms with Gasteiger partial charge in [-0.15, -0.1) is 0 Å². The van der Waals surface area contributed by atoms with Gasteiger partial charge >= 0.3 is 5.97 Å². The first-order chi connectivity index (χ1) is 16.0. The fourth-order valence-electron chi connectivity index (χ4n) is 4.84. The van der Waals surface area contributed by atoms with Gasteiger partial charge in [-0.3, -0.25) is 4.79 Å². The third-order valence-electron chi connectivity index (χ3n) is 6.43. The molecule has 180 valence electrons. The molecule has 1 aromatic carbocycles. The number of sulfone groups is 1. The van der Waals surface area contributed by atoms with E-state index in [4.69, 9.17) is 4.74 Å². The number of carbonyl (C=O) groups is 2. The largest absolute Gasteiger partial charge is 0.454 e. The van der Waals surface area contributed by atoms with Crippen molar-refractivity contribution in [2.24, 2.45) is 0 Å². The molecule has 0 bridgehead atoms. The van der Waals surface area contributed by atoms with Crippen LogP contribution in [0.25, 0.3) is 5.69 Å². The summed E-state index contributed by atoms with van der Waals surface area (Å²) in [5.41, 5.74) is 4.35. The minimum absolute atomic E-state index is 0.0651. The number of hydrogen-bond acceptors (Lipinski definition) is 5. The number of Topliss-reactive ketones (excluding diaryl/α,β-unsaturated/α-hetero) is 1. The van der Waals surface area contributed by atoms with E-state index in [-0.39, 0.29) is 29.1 Å². The lowest BCUT2D eigenvalue weighted by molar-refractivity contribution is 0.0473. The highest BCUT2D eigenvalue weighted by Crippen LogP contribution is 2.29. The molecule has 1 fully saturated rings. The van der Waals surface area contributed by atoms with Crippen LogP contribution >= 0.6 is 0 Å². The van der Waals surface area contributed by atoms with Gasteiger partial charge in [-0.05, 0) is 70.5 Å². The van der Waals surface area contributed by atoms with Crippen molar-refractivity contribution in [2.75, 3.05) is 18.1 Å². The van der Waals surface area contributed by atoms with Crippen LogP contribution in [0.5, 0.6) is 0 Å². The Hall–Kier alpha value is -3.20. The van der Waals surface area contributed by atoms with E-state index >= 15 is 0 Å². The molecule has 0 saturated carbocycles. The standard InChI is InChI=1S/C25H27FN2O5S/c1-15-11-22(17(3)28(15)21-9-10-34(31,32)14-21)24(29)13-33-25(30)23-12-16(2)27(18(23)4)20-7-5-19(26)6-8-20/h5-8,11-12,21H,9-10,13-14H2,1-4H3. The molecule has 0 amide bonds. The smallest absolute Gasteiger partial charge is 0.340 e. The fraction of sp³-hybridized carbons (Fsp3) is 0.360. The van der Waals surface area contributed by atoms with Gasteiger partial charge in [-0.1, -0.05) is 0 Å². The van der Waals surface area contributed by atoms with E-state index < -0.39 is 22.4 Å². The Morgan fingerprint density at radius 1 is 1.00 bits per heavy atom. The summed E-state index contributed by atoms with van der Waals surface area (Å²) in [6, 6.07) is 9.16. The van der Waals surface area contributed by atoms with E-state index in [2.05, 4.69) is 0 Å². The Labute approximate surface area is 198 Å². The molecule has 1 saturated heterocycles. The van der Waals surface area contributed by atoms with Gasteiger partial charge in [0, 0.05) is 40.1 Å². The predicted octanol–water partition coefficient (Wildman–Crippen LogP) is 4.05. The number of halogens is 1. The molecule has 3 heterocycles. The van der Waals surface area contributed by atoms with Crippen molar-refractivity contribution in [3.8, 4) is 5.69 Å². The summed E-state index contributed by atoms with van der Waals surface area (Å²) in [6.07, 6.45) is 0.519. The maximum atomic E-state index is 13.3. The number of nitrogens with zero attached hydrogens (tertiary/aromatic N) is 2. The molecular formula is C25H27FN2O5S. The van der Waals surface area contributed by atoms with Crippen LogP contribution in [0.15, 0.2) is 36.4 Å². The van der Waals surface area contributed by atoms with Crippen molar-refractivity contribution in [2.45, 2.75) is 40.2 Å². The Morgan fingerprint density at radius 2 is 1.65 bits per heavy atom. The lowest BCUT2D eigenvalue weighted by Gasteiger charge is -2.16. The van der Waals surface area contributed by atoms with Crippen molar-refractivity contribution in [3.05, 3.63) is 76.1 Å². The molecule has 1 unspecified atom stereocenters. The molecule has 34 heavy (non-hydrogen) atoms. The highest BCUT2D eigenvalue weighted by molar-refractivity contribution is 7.91. The minimum Gasteiger partial charge on any atom is -0.454 e. The Morgan fingerprint density at radius 3 is 2.26 bits per heavy atom. The summed E-state index contributed by atoms with van der Waals surface area (Å²) in [5, 5.41) is 0. The molecule has 4 rings (SSSR count). The third kappa shape index (κ3) is 4.44. The van der Waals surface area contributed by atoms with Crippen LogP contribution < -0.4 is 0 Å². The molecule has 0 spiro atoms. The van der Waals surface area contributed by atoms with E-state index in [0.717, 1.165) is 11.4 Å². The number of ketones is 1. The molecule has 1 aliphatic heterocycles. The van der Waals surface area contributed by atoms with Crippen LogP contribution in [0.4, 0.5) is 4.39 Å². The molecule has 7 nitrogen and oxygen atoms in total. The van der Waals surface area contributed by atoms with Crippen LogP contribution in [-0.2, 0) is 14.6 Å². The normalized spacial score (nSPS) is 17.1. The first-order valence-corrected chi connectivity index (χ1v) is 12.8. The second-order valence-corrected chi connectivity index (χ2v) is 11.0. The number of aromatic nitrogens is 2. The second-order valence-electron chi connectivity index (χ2n) is 8.81. The highest BCUT2D eigenvalue weighted by atomic mass is 32.2. The summed E-state index contributed by atoms with van der Waals surface area (Å²) in [6.45, 7) is 6.79. The SMILES string of the molecule is Cc1cc(C(=O)OCC(=O)c2cc(C)n(C3CCS(=O)(=O)C3)c2C)c(C)n1-c1ccc(F)cc1. The van der Waals surface area contributed by atoms with Crippen molar-refractivity contribution in [1.82, 2.24) is 9.13 Å². The summed E-state index contributed by atoms with van der Waals surface area (Å²) in [4.78, 5) is 25.6. The zero-order chi connectivity index (χ0) is 24.8. The van der Waals surface area contributed by atoms with E-state index in [1.54, 1.807) is 38.1 Å². The average Bonchev–Trinajstić information content (AvgIpc) is 3.38. The highest BCUT2D eigenvalue weighted by Gasteiger charge is 2.32. The van der Waals surface area contributed by atoms with Gasteiger partial charge in [0.2, 0.25) is 5.78 Å². The van der Waals surface area contributed by atoms with Crippen LogP contribution in [0.3, 0.4) is 0 Å². The molecule has 2 aromatic heterocycles. The van der Waals surface area contributed by atoms with E-state index in [9.17, 15) is 22.4 Å². The van der Waals surface area contributed by atoms with Gasteiger partial charge in [0.15, 0.2) is 16.4 Å². The third-order valence-corrected chi connectivity index (χ3v) is 8.18. The van der Waals surface area contributed by atoms with Gasteiger partial charge in [0.25, 0.3) is 0 Å². The van der Waals surface area contributed by atoms with Gasteiger partial charge < -0.3 is 13.9 Å². The van der Waals surface area contributed by atoms with Gasteiger partial charge in [0.05, 0.1) is 17.1 Å². The lowest BCUT2D eigenvalue weighted by Crippen LogP contribution is -2.17. The quantitative estimate of drug-likeness (QED) is 0.388. The topological polar surface area (TPSA) is 87.4 Å². The number of benzene rings is 1. The van der Waals surface area contributed by atoms with Crippen molar-refractivity contribution >= 4 is 21.6 Å². The van der Waals surface area contributed by atoms with E-state index in [1.807, 2.05) is 23.0 Å². The van der Waals surface area contributed by atoms with Crippen LogP contribution in [0.1, 0.15) is 56.0 Å². The summed E-state index contributed by atoms with van der Waals surface area (Å²) < 4.78 is 46.1. The molecule has 0 aliphatic carbocycles. The Balaban J connectivity index is 1.49. The van der Waals surface area contributed by atoms with Crippen molar-refractivity contribution in [3.63, 3.8) is 0 Å². The number of carbonyl (C=O) groups excluding carboxylic acids is 2. The average molecular weight is 487 g/mol. The van der Waals surface area contributed by atoms with Gasteiger partial charge in [0.1, 0.15) is 5.82 Å². The fourth-order valence-corrected chi connectivity index (χ4v) is 6.54. The minimum atomic E-state index is -3.06. The number of ether oxygens (including phenoxy) is 1. The molecule has 0 N–H and O–H groups in total. The molecular weight excluding hydrogens is 459 g/mol. The summed E-state index contributed by atoms with van der Waals surface area (Å²) >= 11 is 0. The van der Waals surface area contributed by atoms with Crippen molar-refractivity contribution in [1.29, 1.82) is 0 Å². The van der Waals surface area contributed by atoms with Gasteiger partial charge in [-0.2, -0.15) is 0 Å². The number of aryl methyl sites for hydroxylation is 2. The van der Waals surface area contributed by atoms with Crippen LogP contribution in [-0.4, -0.2) is 47.4 Å².